The largest absolute Gasteiger partial charge is 0.356 e. The van der Waals surface area contributed by atoms with E-state index >= 15 is 0 Å². The Morgan fingerprint density at radius 3 is 1.22 bits per heavy atom. The minimum Gasteiger partial charge on any atom is -0.288 e. The average Bonchev–Trinajstić information content (AvgIpc) is 2.57. The summed E-state index contributed by atoms with van der Waals surface area (Å²) in [7, 11) is -3.32. The van der Waals surface area contributed by atoms with Gasteiger partial charge in [-0.15, -0.1) is 0 Å². The van der Waals surface area contributed by atoms with Gasteiger partial charge < -0.3 is 0 Å². The molecule has 8 heteroatoms. The third-order valence-corrected chi connectivity index (χ3v) is 4.44. The lowest BCUT2D eigenvalue weighted by atomic mass is 10.5. The molecule has 0 fully saturated rings. The predicted molar refractivity (Wildman–Crippen MR) is 91.2 cm³/mol. The SMILES string of the molecule is O=P(Nc1ccccn1)(Nc1ccccn1)Nc1ccccn1. The monoisotopic (exact) mass is 326 g/mol. The van der Waals surface area contributed by atoms with Crippen LogP contribution in [0.4, 0.5) is 17.5 Å². The molecule has 3 aromatic heterocycles. The van der Waals surface area contributed by atoms with E-state index in [1.54, 1.807) is 73.2 Å². The maximum absolute atomic E-state index is 13.3. The van der Waals surface area contributed by atoms with Crippen molar-refractivity contribution in [1.82, 2.24) is 15.0 Å². The Labute approximate surface area is 133 Å². The van der Waals surface area contributed by atoms with E-state index < -0.39 is 7.59 Å². The second-order valence-corrected chi connectivity index (χ2v) is 6.48. The fraction of sp³-hybridized carbons (Fsp3) is 0. The summed E-state index contributed by atoms with van der Waals surface area (Å²) >= 11 is 0. The van der Waals surface area contributed by atoms with Gasteiger partial charge >= 0.3 is 7.59 Å². The van der Waals surface area contributed by atoms with E-state index in [9.17, 15) is 4.57 Å². The molecule has 0 aromatic carbocycles. The second kappa shape index (κ2) is 6.89. The van der Waals surface area contributed by atoms with E-state index in [1.165, 1.54) is 0 Å². The number of anilines is 3. The molecule has 0 atom stereocenters. The van der Waals surface area contributed by atoms with Gasteiger partial charge in [0, 0.05) is 18.6 Å². The van der Waals surface area contributed by atoms with Crippen molar-refractivity contribution >= 4 is 25.0 Å². The fourth-order valence-electron chi connectivity index (χ4n) is 1.85. The molecule has 3 aromatic rings. The number of nitrogens with zero attached hydrogens (tertiary/aromatic N) is 3. The standard InChI is InChI=1S/C15H15N6OP/c22-23(19-13-7-1-4-10-16-13,20-14-8-2-5-11-17-14)21-15-9-3-6-12-18-15/h1-12H,(H3,16,17,18,19,20,21,22). The zero-order valence-electron chi connectivity index (χ0n) is 12.1. The van der Waals surface area contributed by atoms with Crippen LogP contribution in [0.2, 0.25) is 0 Å². The first-order valence-corrected chi connectivity index (χ1v) is 8.62. The van der Waals surface area contributed by atoms with Crippen LogP contribution in [0.3, 0.4) is 0 Å². The van der Waals surface area contributed by atoms with Gasteiger partial charge in [-0.05, 0) is 36.4 Å². The Kier molecular flexibility index (Phi) is 4.49. The Bertz CT molecular complexity index is 677. The number of hydrogen-bond donors (Lipinski definition) is 3. The molecule has 0 bridgehead atoms. The summed E-state index contributed by atoms with van der Waals surface area (Å²) in [6, 6.07) is 16.0. The first-order chi connectivity index (χ1) is 11.2. The van der Waals surface area contributed by atoms with E-state index in [0.717, 1.165) is 0 Å². The third kappa shape index (κ3) is 4.28. The van der Waals surface area contributed by atoms with Gasteiger partial charge in [0.2, 0.25) is 0 Å². The predicted octanol–water partition coefficient (Wildman–Crippen LogP) is 3.62. The molecule has 3 heterocycles. The average molecular weight is 326 g/mol. The summed E-state index contributed by atoms with van der Waals surface area (Å²) < 4.78 is 13.3. The number of hydrogen-bond acceptors (Lipinski definition) is 4. The van der Waals surface area contributed by atoms with E-state index in [0.29, 0.717) is 17.5 Å². The lowest BCUT2D eigenvalue weighted by molar-refractivity contribution is 0.584. The van der Waals surface area contributed by atoms with Crippen molar-refractivity contribution < 1.29 is 4.57 Å². The third-order valence-electron chi connectivity index (χ3n) is 2.81. The van der Waals surface area contributed by atoms with Crippen molar-refractivity contribution in [3.63, 3.8) is 0 Å². The van der Waals surface area contributed by atoms with Crippen molar-refractivity contribution in [2.24, 2.45) is 0 Å². The molecular formula is C15H15N6OP. The maximum Gasteiger partial charge on any atom is 0.356 e. The summed E-state index contributed by atoms with van der Waals surface area (Å²) in [6.45, 7) is 0. The summed E-state index contributed by atoms with van der Waals surface area (Å²) in [5.74, 6) is 1.42. The second-order valence-electron chi connectivity index (χ2n) is 4.59. The topological polar surface area (TPSA) is 91.8 Å². The summed E-state index contributed by atoms with van der Waals surface area (Å²) in [5, 5.41) is 8.68. The summed E-state index contributed by atoms with van der Waals surface area (Å²) in [4.78, 5) is 12.4. The zero-order chi connectivity index (χ0) is 16.0. The van der Waals surface area contributed by atoms with Crippen LogP contribution >= 0.6 is 7.59 Å². The first kappa shape index (κ1) is 15.0. The van der Waals surface area contributed by atoms with Gasteiger partial charge in [-0.3, -0.25) is 19.8 Å². The number of pyridine rings is 3. The molecule has 116 valence electrons. The fourth-order valence-corrected chi connectivity index (χ4v) is 3.39. The van der Waals surface area contributed by atoms with E-state index in [-0.39, 0.29) is 0 Å². The smallest absolute Gasteiger partial charge is 0.288 e. The van der Waals surface area contributed by atoms with Crippen molar-refractivity contribution in [2.75, 3.05) is 15.3 Å². The van der Waals surface area contributed by atoms with Crippen LogP contribution in [0.15, 0.2) is 73.2 Å². The number of nitrogens with one attached hydrogen (secondary N) is 3. The molecule has 3 rings (SSSR count). The van der Waals surface area contributed by atoms with Crippen LogP contribution in [0.1, 0.15) is 0 Å². The first-order valence-electron chi connectivity index (χ1n) is 6.91. The minimum absolute atomic E-state index is 0.475. The van der Waals surface area contributed by atoms with Crippen molar-refractivity contribution in [3.8, 4) is 0 Å². The van der Waals surface area contributed by atoms with Crippen LogP contribution in [-0.2, 0) is 4.57 Å². The van der Waals surface area contributed by atoms with Crippen LogP contribution in [0, 0.1) is 0 Å². The van der Waals surface area contributed by atoms with Gasteiger partial charge in [0.05, 0.1) is 0 Å². The molecule has 0 radical (unpaired) electrons. The van der Waals surface area contributed by atoms with Crippen molar-refractivity contribution in [3.05, 3.63) is 73.2 Å². The molecule has 0 spiro atoms. The lowest BCUT2D eigenvalue weighted by Crippen LogP contribution is -2.15. The summed E-state index contributed by atoms with van der Waals surface area (Å²) in [5.41, 5.74) is 0. The van der Waals surface area contributed by atoms with Gasteiger partial charge in [-0.25, -0.2) is 15.0 Å². The lowest BCUT2D eigenvalue weighted by Gasteiger charge is -2.22. The van der Waals surface area contributed by atoms with E-state index in [4.69, 9.17) is 0 Å². The highest BCUT2D eigenvalue weighted by molar-refractivity contribution is 7.68. The Morgan fingerprint density at radius 1 is 0.609 bits per heavy atom. The quantitative estimate of drug-likeness (QED) is 0.596. The van der Waals surface area contributed by atoms with Crippen LogP contribution in [0.5, 0.6) is 0 Å². The number of aromatic nitrogens is 3. The molecule has 7 nitrogen and oxygen atoms in total. The molecule has 3 N–H and O–H groups in total. The molecular weight excluding hydrogens is 311 g/mol. The van der Waals surface area contributed by atoms with Crippen molar-refractivity contribution in [2.45, 2.75) is 0 Å². The molecule has 0 aliphatic carbocycles. The van der Waals surface area contributed by atoms with Gasteiger partial charge in [-0.1, -0.05) is 18.2 Å². The Morgan fingerprint density at radius 2 is 0.957 bits per heavy atom. The van der Waals surface area contributed by atoms with Crippen LogP contribution < -0.4 is 15.3 Å². The molecule has 0 aliphatic heterocycles. The minimum atomic E-state index is -3.32. The summed E-state index contributed by atoms with van der Waals surface area (Å²) in [6.07, 6.45) is 4.86. The molecule has 0 amide bonds. The number of rotatable bonds is 6. The molecule has 23 heavy (non-hydrogen) atoms. The Hall–Kier alpha value is -2.92. The van der Waals surface area contributed by atoms with Gasteiger partial charge in [-0.2, -0.15) is 0 Å². The van der Waals surface area contributed by atoms with Gasteiger partial charge in [0.1, 0.15) is 17.5 Å². The normalized spacial score (nSPS) is 10.8. The van der Waals surface area contributed by atoms with Gasteiger partial charge in [0.25, 0.3) is 0 Å². The maximum atomic E-state index is 13.3. The molecule has 0 unspecified atom stereocenters. The highest BCUT2D eigenvalue weighted by Crippen LogP contribution is 2.44. The van der Waals surface area contributed by atoms with E-state index in [1.807, 2.05) is 0 Å². The van der Waals surface area contributed by atoms with Crippen molar-refractivity contribution in [1.29, 1.82) is 0 Å². The van der Waals surface area contributed by atoms with Gasteiger partial charge in [0.15, 0.2) is 0 Å². The zero-order valence-corrected chi connectivity index (χ0v) is 13.0. The van der Waals surface area contributed by atoms with E-state index in [2.05, 4.69) is 30.2 Å². The molecule has 0 aliphatic rings. The van der Waals surface area contributed by atoms with Crippen LogP contribution in [-0.4, -0.2) is 15.0 Å². The molecule has 0 saturated heterocycles. The molecule has 0 saturated carbocycles. The highest BCUT2D eigenvalue weighted by atomic mass is 31.2. The van der Waals surface area contributed by atoms with Crippen LogP contribution in [0.25, 0.3) is 0 Å². The Balaban J connectivity index is 1.87. The highest BCUT2D eigenvalue weighted by Gasteiger charge is 2.23.